The van der Waals surface area contributed by atoms with E-state index in [0.29, 0.717) is 24.5 Å². The molecule has 35 heavy (non-hydrogen) atoms. The molecular weight excluding hydrogens is 446 g/mol. The van der Waals surface area contributed by atoms with Crippen molar-refractivity contribution in [3.8, 4) is 5.88 Å². The number of nitrogen functional groups attached to an aromatic ring is 1. The summed E-state index contributed by atoms with van der Waals surface area (Å²) in [5.41, 5.74) is 7.93. The average molecular weight is 482 g/mol. The van der Waals surface area contributed by atoms with Gasteiger partial charge < -0.3 is 20.5 Å². The zero-order valence-electron chi connectivity index (χ0n) is 20.4. The monoisotopic (exact) mass is 481 g/mol. The summed E-state index contributed by atoms with van der Waals surface area (Å²) in [5.74, 6) is 0.137. The predicted octanol–water partition coefficient (Wildman–Crippen LogP) is 4.36. The number of carbonyl (C=O) groups is 2. The van der Waals surface area contributed by atoms with Gasteiger partial charge in [0.1, 0.15) is 23.8 Å². The highest BCUT2D eigenvalue weighted by molar-refractivity contribution is 6.10. The Hall–Kier alpha value is -3.23. The Kier molecular flexibility index (Phi) is 8.15. The van der Waals surface area contributed by atoms with Crippen LogP contribution in [0, 0.1) is 5.92 Å². The van der Waals surface area contributed by atoms with E-state index in [1.165, 1.54) is 0 Å². The van der Waals surface area contributed by atoms with Crippen molar-refractivity contribution < 1.29 is 19.4 Å². The van der Waals surface area contributed by atoms with Gasteiger partial charge in [-0.2, -0.15) is 4.98 Å². The molecule has 2 unspecified atom stereocenters. The van der Waals surface area contributed by atoms with E-state index in [-0.39, 0.29) is 48.0 Å². The summed E-state index contributed by atoms with van der Waals surface area (Å²) in [4.78, 5) is 39.9. The lowest BCUT2D eigenvalue weighted by Gasteiger charge is -2.30. The number of aryl methyl sites for hydroxylation is 1. The third kappa shape index (κ3) is 5.89. The number of carboxylic acids is 1. The van der Waals surface area contributed by atoms with Crippen LogP contribution in [0.15, 0.2) is 18.3 Å². The van der Waals surface area contributed by atoms with Crippen molar-refractivity contribution in [2.24, 2.45) is 5.92 Å². The fourth-order valence-corrected chi connectivity index (χ4v) is 5.19. The number of ether oxygens (including phenoxy) is 1. The Balaban J connectivity index is 1.51. The van der Waals surface area contributed by atoms with Crippen LogP contribution in [0.4, 0.5) is 11.5 Å². The number of aromatic nitrogens is 3. The molecular formula is C26H35N5O4. The van der Waals surface area contributed by atoms with Crippen molar-refractivity contribution in [3.63, 3.8) is 0 Å². The number of unbranched alkanes of at least 4 members (excludes halogenated alkanes) is 3. The minimum absolute atomic E-state index is 0.0906. The van der Waals surface area contributed by atoms with Crippen molar-refractivity contribution in [2.45, 2.75) is 77.0 Å². The summed E-state index contributed by atoms with van der Waals surface area (Å²) in [6.07, 6.45) is 10.9. The first-order valence-electron chi connectivity index (χ1n) is 12.8. The van der Waals surface area contributed by atoms with Crippen LogP contribution in [0.2, 0.25) is 0 Å². The molecule has 0 radical (unpaired) electrons. The molecule has 9 nitrogen and oxygen atoms in total. The maximum Gasteiger partial charge on any atom is 0.303 e. The minimum Gasteiger partial charge on any atom is -0.481 e. The number of carboxylic acid groups (broad SMARTS) is 1. The Bertz CT molecular complexity index is 1040. The lowest BCUT2D eigenvalue weighted by molar-refractivity contribution is -0.138. The number of nitrogens with two attached hydrogens (primary N) is 1. The van der Waals surface area contributed by atoms with Gasteiger partial charge in [-0.15, -0.1) is 0 Å². The van der Waals surface area contributed by atoms with Gasteiger partial charge in [0.25, 0.3) is 5.91 Å². The summed E-state index contributed by atoms with van der Waals surface area (Å²) in [5, 5.41) is 9.29. The smallest absolute Gasteiger partial charge is 0.303 e. The molecule has 9 heteroatoms. The van der Waals surface area contributed by atoms with Crippen LogP contribution in [0.25, 0.3) is 0 Å². The molecule has 2 aromatic heterocycles. The van der Waals surface area contributed by atoms with E-state index in [4.69, 9.17) is 10.5 Å². The van der Waals surface area contributed by atoms with Crippen LogP contribution in [0.3, 0.4) is 0 Å². The molecule has 1 aliphatic heterocycles. The SMILES string of the molecule is CCCCCCc1nc(N)c2c(n1)OCCN(c1ccc(C3CCCCC3CC(=O)O)nc1)C2=O. The van der Waals surface area contributed by atoms with Gasteiger partial charge in [0, 0.05) is 24.5 Å². The number of anilines is 2. The van der Waals surface area contributed by atoms with E-state index in [0.717, 1.165) is 57.1 Å². The van der Waals surface area contributed by atoms with Crippen molar-refractivity contribution >= 4 is 23.4 Å². The number of pyridine rings is 1. The maximum absolute atomic E-state index is 13.4. The van der Waals surface area contributed by atoms with Gasteiger partial charge >= 0.3 is 5.97 Å². The van der Waals surface area contributed by atoms with Gasteiger partial charge in [-0.05, 0) is 37.3 Å². The first kappa shape index (κ1) is 24.9. The quantitative estimate of drug-likeness (QED) is 0.505. The lowest BCUT2D eigenvalue weighted by atomic mass is 9.75. The molecule has 1 saturated carbocycles. The fourth-order valence-electron chi connectivity index (χ4n) is 5.19. The molecule has 3 N–H and O–H groups in total. The molecule has 4 rings (SSSR count). The fraction of sp³-hybridized carbons (Fsp3) is 0.577. The molecule has 1 amide bonds. The van der Waals surface area contributed by atoms with E-state index in [1.807, 2.05) is 12.1 Å². The van der Waals surface area contributed by atoms with Crippen LogP contribution >= 0.6 is 0 Å². The third-order valence-corrected chi connectivity index (χ3v) is 7.02. The largest absolute Gasteiger partial charge is 0.481 e. The van der Waals surface area contributed by atoms with Crippen molar-refractivity contribution in [1.82, 2.24) is 15.0 Å². The van der Waals surface area contributed by atoms with Crippen LogP contribution in [0.1, 0.15) is 92.5 Å². The van der Waals surface area contributed by atoms with Crippen molar-refractivity contribution in [1.29, 1.82) is 0 Å². The standard InChI is InChI=1S/C26H35N5O4/c1-2-3-4-5-10-21-29-24(27)23-25(30-21)35-14-13-31(26(23)34)18-11-12-20(28-16-18)19-9-7-6-8-17(19)15-22(32)33/h11-12,16-17,19H,2-10,13-15H2,1H3,(H,32,33)(H2,27,29,30). The first-order valence-corrected chi connectivity index (χ1v) is 12.8. The van der Waals surface area contributed by atoms with Crippen molar-refractivity contribution in [3.05, 3.63) is 35.4 Å². The number of hydrogen-bond donors (Lipinski definition) is 2. The van der Waals surface area contributed by atoms with Crippen LogP contribution in [0.5, 0.6) is 5.88 Å². The van der Waals surface area contributed by atoms with E-state index < -0.39 is 5.97 Å². The normalized spacial score (nSPS) is 20.1. The first-order chi connectivity index (χ1) is 17.0. The van der Waals surface area contributed by atoms with E-state index in [2.05, 4.69) is 21.9 Å². The lowest BCUT2D eigenvalue weighted by Crippen LogP contribution is -2.33. The predicted molar refractivity (Wildman–Crippen MR) is 133 cm³/mol. The third-order valence-electron chi connectivity index (χ3n) is 7.02. The van der Waals surface area contributed by atoms with E-state index in [9.17, 15) is 14.7 Å². The zero-order valence-corrected chi connectivity index (χ0v) is 20.4. The molecule has 0 aromatic carbocycles. The molecule has 2 aliphatic rings. The second-order valence-corrected chi connectivity index (χ2v) is 9.51. The van der Waals surface area contributed by atoms with Crippen LogP contribution < -0.4 is 15.4 Å². The number of aliphatic carboxylic acids is 1. The summed E-state index contributed by atoms with van der Waals surface area (Å²) in [6, 6.07) is 3.79. The second kappa shape index (κ2) is 11.5. The average Bonchev–Trinajstić information content (AvgIpc) is 3.01. The number of hydrogen-bond acceptors (Lipinski definition) is 7. The molecule has 0 bridgehead atoms. The van der Waals surface area contributed by atoms with Crippen LogP contribution in [-0.2, 0) is 11.2 Å². The Morgan fingerprint density at radius 3 is 2.77 bits per heavy atom. The maximum atomic E-state index is 13.4. The Morgan fingerprint density at radius 2 is 2.03 bits per heavy atom. The topological polar surface area (TPSA) is 132 Å². The summed E-state index contributed by atoms with van der Waals surface area (Å²) < 4.78 is 5.82. The summed E-state index contributed by atoms with van der Waals surface area (Å²) in [7, 11) is 0. The summed E-state index contributed by atoms with van der Waals surface area (Å²) >= 11 is 0. The van der Waals surface area contributed by atoms with Gasteiger partial charge in [0.05, 0.1) is 18.4 Å². The van der Waals surface area contributed by atoms with Crippen molar-refractivity contribution in [2.75, 3.05) is 23.8 Å². The molecule has 2 atom stereocenters. The van der Waals surface area contributed by atoms with Crippen LogP contribution in [-0.4, -0.2) is 45.1 Å². The second-order valence-electron chi connectivity index (χ2n) is 9.51. The van der Waals surface area contributed by atoms with E-state index in [1.54, 1.807) is 11.1 Å². The minimum atomic E-state index is -0.767. The highest BCUT2D eigenvalue weighted by Crippen LogP contribution is 2.39. The van der Waals surface area contributed by atoms with Gasteiger partial charge in [-0.3, -0.25) is 14.6 Å². The molecule has 3 heterocycles. The number of nitrogens with zero attached hydrogens (tertiary/aromatic N) is 4. The number of amides is 1. The Labute approximate surface area is 206 Å². The van der Waals surface area contributed by atoms with Gasteiger partial charge in [-0.25, -0.2) is 4.98 Å². The molecule has 1 fully saturated rings. The molecule has 0 spiro atoms. The summed E-state index contributed by atoms with van der Waals surface area (Å²) in [6.45, 7) is 2.79. The number of rotatable bonds is 9. The highest BCUT2D eigenvalue weighted by Gasteiger charge is 2.32. The zero-order chi connectivity index (χ0) is 24.8. The van der Waals surface area contributed by atoms with Gasteiger partial charge in [0.15, 0.2) is 0 Å². The van der Waals surface area contributed by atoms with Gasteiger partial charge in [-0.1, -0.05) is 39.0 Å². The molecule has 1 aliphatic carbocycles. The van der Waals surface area contributed by atoms with E-state index >= 15 is 0 Å². The highest BCUT2D eigenvalue weighted by atomic mass is 16.5. The van der Waals surface area contributed by atoms with Gasteiger partial charge in [0.2, 0.25) is 5.88 Å². The Morgan fingerprint density at radius 1 is 1.20 bits per heavy atom. The number of fused-ring (bicyclic) bond motifs is 1. The molecule has 188 valence electrons. The molecule has 2 aromatic rings. The number of carbonyl (C=O) groups excluding carboxylic acids is 1. The molecule has 0 saturated heterocycles.